The highest BCUT2D eigenvalue weighted by molar-refractivity contribution is 5.21. The Morgan fingerprint density at radius 2 is 1.94 bits per heavy atom. The summed E-state index contributed by atoms with van der Waals surface area (Å²) in [5.41, 5.74) is 0.727. The zero-order valence-corrected chi connectivity index (χ0v) is 10.2. The molecule has 0 aromatic heterocycles. The molecular weight excluding hydrogens is 238 g/mol. The molecule has 1 heterocycles. The largest absolute Gasteiger partial charge is 0.396 e. The number of halogens is 2. The molecule has 0 spiro atoms. The number of benzene rings is 1. The first-order valence-corrected chi connectivity index (χ1v) is 6.23. The summed E-state index contributed by atoms with van der Waals surface area (Å²) in [5.74, 6) is -1.66. The van der Waals surface area contributed by atoms with Crippen molar-refractivity contribution in [1.29, 1.82) is 0 Å². The molecule has 1 saturated heterocycles. The highest BCUT2D eigenvalue weighted by Crippen LogP contribution is 2.25. The van der Waals surface area contributed by atoms with Crippen molar-refractivity contribution in [2.24, 2.45) is 0 Å². The topological polar surface area (TPSA) is 35.5 Å². The Balaban J connectivity index is 2.19. The third-order valence-corrected chi connectivity index (χ3v) is 3.32. The highest BCUT2D eigenvalue weighted by atomic mass is 19.2. The Kier molecular flexibility index (Phi) is 4.63. The molecule has 0 amide bonds. The zero-order valence-electron chi connectivity index (χ0n) is 10.2. The van der Waals surface area contributed by atoms with Crippen LogP contribution < -0.4 is 5.32 Å². The standard InChI is InChI=1S/C13H18F2N2O/c14-11-2-1-10(9-12(11)15)13(3-8-18)17-6-4-16-5-7-17/h1-2,9,13,16,18H,3-8H2/t13-/m0/s1. The second-order valence-electron chi connectivity index (χ2n) is 4.49. The molecule has 100 valence electrons. The van der Waals surface area contributed by atoms with E-state index in [0.29, 0.717) is 6.42 Å². The molecule has 2 rings (SSSR count). The number of piperazine rings is 1. The van der Waals surface area contributed by atoms with E-state index in [2.05, 4.69) is 10.2 Å². The monoisotopic (exact) mass is 256 g/mol. The molecule has 1 atom stereocenters. The summed E-state index contributed by atoms with van der Waals surface area (Å²) >= 11 is 0. The molecule has 1 aromatic rings. The lowest BCUT2D eigenvalue weighted by atomic mass is 10.0. The van der Waals surface area contributed by atoms with E-state index in [4.69, 9.17) is 5.11 Å². The summed E-state index contributed by atoms with van der Waals surface area (Å²) < 4.78 is 26.2. The van der Waals surface area contributed by atoms with Crippen molar-refractivity contribution in [3.8, 4) is 0 Å². The van der Waals surface area contributed by atoms with Crippen LogP contribution in [0, 0.1) is 11.6 Å². The van der Waals surface area contributed by atoms with Crippen LogP contribution in [0.25, 0.3) is 0 Å². The van der Waals surface area contributed by atoms with E-state index in [1.54, 1.807) is 6.07 Å². The lowest BCUT2D eigenvalue weighted by Gasteiger charge is -2.35. The van der Waals surface area contributed by atoms with Crippen molar-refractivity contribution in [3.63, 3.8) is 0 Å². The van der Waals surface area contributed by atoms with Crippen molar-refractivity contribution in [1.82, 2.24) is 10.2 Å². The molecule has 0 unspecified atom stereocenters. The molecule has 0 aliphatic carbocycles. The Morgan fingerprint density at radius 1 is 1.22 bits per heavy atom. The number of hydrogen-bond acceptors (Lipinski definition) is 3. The van der Waals surface area contributed by atoms with Gasteiger partial charge in [0.05, 0.1) is 0 Å². The molecule has 2 N–H and O–H groups in total. The summed E-state index contributed by atoms with van der Waals surface area (Å²) in [6, 6.07) is 3.93. The molecule has 18 heavy (non-hydrogen) atoms. The Hall–Kier alpha value is -1.04. The van der Waals surface area contributed by atoms with Gasteiger partial charge in [0, 0.05) is 38.8 Å². The van der Waals surface area contributed by atoms with Gasteiger partial charge in [-0.2, -0.15) is 0 Å². The summed E-state index contributed by atoms with van der Waals surface area (Å²) in [6.45, 7) is 3.50. The van der Waals surface area contributed by atoms with E-state index < -0.39 is 11.6 Å². The van der Waals surface area contributed by atoms with Gasteiger partial charge in [0.1, 0.15) is 0 Å². The summed E-state index contributed by atoms with van der Waals surface area (Å²) in [5, 5.41) is 12.4. The number of aliphatic hydroxyl groups excluding tert-OH is 1. The van der Waals surface area contributed by atoms with E-state index in [1.165, 1.54) is 6.07 Å². The van der Waals surface area contributed by atoms with Gasteiger partial charge in [-0.15, -0.1) is 0 Å². The maximum absolute atomic E-state index is 13.3. The fourth-order valence-electron chi connectivity index (χ4n) is 2.40. The van der Waals surface area contributed by atoms with Gasteiger partial charge in [-0.1, -0.05) is 6.07 Å². The van der Waals surface area contributed by atoms with Crippen LogP contribution in [0.2, 0.25) is 0 Å². The Bertz CT molecular complexity index is 395. The van der Waals surface area contributed by atoms with Gasteiger partial charge in [0.2, 0.25) is 0 Å². The lowest BCUT2D eigenvalue weighted by molar-refractivity contribution is 0.141. The molecule has 3 nitrogen and oxygen atoms in total. The first kappa shape index (κ1) is 13.4. The van der Waals surface area contributed by atoms with Gasteiger partial charge in [-0.25, -0.2) is 8.78 Å². The molecule has 0 saturated carbocycles. The van der Waals surface area contributed by atoms with Crippen LogP contribution in [0.5, 0.6) is 0 Å². The molecule has 1 aromatic carbocycles. The average Bonchev–Trinajstić information content (AvgIpc) is 2.40. The van der Waals surface area contributed by atoms with E-state index in [1.807, 2.05) is 0 Å². The Labute approximate surface area is 105 Å². The third kappa shape index (κ3) is 3.04. The maximum Gasteiger partial charge on any atom is 0.159 e. The van der Waals surface area contributed by atoms with E-state index in [9.17, 15) is 8.78 Å². The van der Waals surface area contributed by atoms with Crippen LogP contribution in [0.3, 0.4) is 0 Å². The molecule has 0 bridgehead atoms. The van der Waals surface area contributed by atoms with Crippen molar-refractivity contribution >= 4 is 0 Å². The van der Waals surface area contributed by atoms with Crippen LogP contribution in [-0.4, -0.2) is 42.8 Å². The van der Waals surface area contributed by atoms with Crippen LogP contribution in [0.4, 0.5) is 8.78 Å². The molecular formula is C13H18F2N2O. The number of rotatable bonds is 4. The normalized spacial score (nSPS) is 18.8. The van der Waals surface area contributed by atoms with E-state index in [-0.39, 0.29) is 12.6 Å². The highest BCUT2D eigenvalue weighted by Gasteiger charge is 2.22. The third-order valence-electron chi connectivity index (χ3n) is 3.32. The Morgan fingerprint density at radius 3 is 2.56 bits per heavy atom. The van der Waals surface area contributed by atoms with Crippen molar-refractivity contribution in [3.05, 3.63) is 35.4 Å². The smallest absolute Gasteiger partial charge is 0.159 e. The second-order valence-corrected chi connectivity index (χ2v) is 4.49. The van der Waals surface area contributed by atoms with Gasteiger partial charge in [-0.3, -0.25) is 4.90 Å². The molecule has 1 fully saturated rings. The summed E-state index contributed by atoms with van der Waals surface area (Å²) in [4.78, 5) is 2.19. The zero-order chi connectivity index (χ0) is 13.0. The fraction of sp³-hybridized carbons (Fsp3) is 0.538. The van der Waals surface area contributed by atoms with Crippen molar-refractivity contribution in [2.45, 2.75) is 12.5 Å². The van der Waals surface area contributed by atoms with Gasteiger partial charge in [-0.05, 0) is 24.1 Å². The van der Waals surface area contributed by atoms with E-state index in [0.717, 1.165) is 37.8 Å². The molecule has 0 radical (unpaired) electrons. The second kappa shape index (κ2) is 6.22. The molecule has 1 aliphatic rings. The predicted octanol–water partition coefficient (Wildman–Crippen LogP) is 1.29. The minimum absolute atomic E-state index is 0.0353. The van der Waals surface area contributed by atoms with Crippen LogP contribution in [-0.2, 0) is 0 Å². The number of hydrogen-bond donors (Lipinski definition) is 2. The van der Waals surface area contributed by atoms with E-state index >= 15 is 0 Å². The van der Waals surface area contributed by atoms with Crippen molar-refractivity contribution in [2.75, 3.05) is 32.8 Å². The SMILES string of the molecule is OCC[C@@H](c1ccc(F)c(F)c1)N1CCNCC1. The molecule has 5 heteroatoms. The maximum atomic E-state index is 13.3. The van der Waals surface area contributed by atoms with Crippen LogP contribution >= 0.6 is 0 Å². The van der Waals surface area contributed by atoms with Crippen LogP contribution in [0.1, 0.15) is 18.0 Å². The van der Waals surface area contributed by atoms with Gasteiger partial charge in [0.15, 0.2) is 11.6 Å². The van der Waals surface area contributed by atoms with Crippen molar-refractivity contribution < 1.29 is 13.9 Å². The molecule has 1 aliphatic heterocycles. The summed E-state index contributed by atoms with van der Waals surface area (Å²) in [7, 11) is 0. The first-order chi connectivity index (χ1) is 8.72. The minimum Gasteiger partial charge on any atom is -0.396 e. The number of aliphatic hydroxyl groups is 1. The first-order valence-electron chi connectivity index (χ1n) is 6.23. The van der Waals surface area contributed by atoms with Gasteiger partial charge in [0.25, 0.3) is 0 Å². The van der Waals surface area contributed by atoms with Crippen LogP contribution in [0.15, 0.2) is 18.2 Å². The minimum atomic E-state index is -0.832. The quantitative estimate of drug-likeness (QED) is 0.852. The summed E-state index contributed by atoms with van der Waals surface area (Å²) in [6.07, 6.45) is 0.533. The average molecular weight is 256 g/mol. The number of nitrogens with zero attached hydrogens (tertiary/aromatic N) is 1. The lowest BCUT2D eigenvalue weighted by Crippen LogP contribution is -2.45. The fourth-order valence-corrected chi connectivity index (χ4v) is 2.40. The predicted molar refractivity (Wildman–Crippen MR) is 65.2 cm³/mol. The van der Waals surface area contributed by atoms with Gasteiger partial charge < -0.3 is 10.4 Å². The van der Waals surface area contributed by atoms with Gasteiger partial charge >= 0.3 is 0 Å². The number of nitrogens with one attached hydrogen (secondary N) is 1.